The molecule has 0 bridgehead atoms. The molecule has 0 saturated carbocycles. The third kappa shape index (κ3) is 4.89. The Morgan fingerprint density at radius 2 is 1.67 bits per heavy atom. The van der Waals surface area contributed by atoms with Crippen molar-refractivity contribution in [3.8, 4) is 0 Å². The fourth-order valence-corrected chi connectivity index (χ4v) is 3.03. The van der Waals surface area contributed by atoms with E-state index < -0.39 is 9.84 Å². The van der Waals surface area contributed by atoms with Crippen LogP contribution in [0.25, 0.3) is 0 Å². The fraction of sp³-hybridized carbons (Fsp3) is 0.278. The maximum atomic E-state index is 12.9. The Balaban J connectivity index is 2.05. The van der Waals surface area contributed by atoms with Crippen LogP contribution in [-0.2, 0) is 21.1 Å². The molecule has 1 atom stereocenters. The minimum absolute atomic E-state index is 0.165. The quantitative estimate of drug-likeness (QED) is 0.872. The highest BCUT2D eigenvalue weighted by molar-refractivity contribution is 7.90. The molecule has 0 aliphatic heterocycles. The summed E-state index contributed by atoms with van der Waals surface area (Å²) in [4.78, 5) is 12.4. The lowest BCUT2D eigenvalue weighted by Gasteiger charge is -2.18. The summed E-state index contributed by atoms with van der Waals surface area (Å²) in [7, 11) is -3.24. The van der Waals surface area contributed by atoms with E-state index in [9.17, 15) is 17.6 Å². The Bertz CT molecular complexity index is 799. The first kappa shape index (κ1) is 18.1. The van der Waals surface area contributed by atoms with Gasteiger partial charge in [-0.3, -0.25) is 4.79 Å². The fourth-order valence-electron chi connectivity index (χ4n) is 2.40. The number of carbonyl (C=O) groups is 1. The molecule has 1 amide bonds. The topological polar surface area (TPSA) is 63.2 Å². The second-order valence-electron chi connectivity index (χ2n) is 5.67. The maximum Gasteiger partial charge on any atom is 0.224 e. The molecule has 0 aliphatic rings. The number of nitrogens with one attached hydrogen (secondary N) is 1. The number of hydrogen-bond acceptors (Lipinski definition) is 3. The number of amides is 1. The van der Waals surface area contributed by atoms with Gasteiger partial charge in [0.15, 0.2) is 9.84 Å². The highest BCUT2D eigenvalue weighted by Crippen LogP contribution is 2.19. The van der Waals surface area contributed by atoms with Gasteiger partial charge in [-0.25, -0.2) is 12.8 Å². The van der Waals surface area contributed by atoms with E-state index in [0.717, 1.165) is 17.4 Å². The van der Waals surface area contributed by atoms with Crippen molar-refractivity contribution in [2.45, 2.75) is 30.7 Å². The van der Waals surface area contributed by atoms with Crippen LogP contribution in [0.15, 0.2) is 53.4 Å². The number of rotatable bonds is 6. The van der Waals surface area contributed by atoms with E-state index >= 15 is 0 Å². The molecule has 0 aliphatic carbocycles. The number of halogens is 1. The monoisotopic (exact) mass is 349 g/mol. The van der Waals surface area contributed by atoms with E-state index in [4.69, 9.17) is 0 Å². The molecule has 0 unspecified atom stereocenters. The Morgan fingerprint density at radius 3 is 2.17 bits per heavy atom. The molecule has 0 aromatic heterocycles. The second kappa shape index (κ2) is 7.57. The summed E-state index contributed by atoms with van der Waals surface area (Å²) in [5, 5.41) is 2.92. The van der Waals surface area contributed by atoms with Gasteiger partial charge in [0.2, 0.25) is 5.91 Å². The minimum atomic E-state index is -3.24. The zero-order valence-electron chi connectivity index (χ0n) is 13.6. The summed E-state index contributed by atoms with van der Waals surface area (Å²) in [5.74, 6) is -0.503. The lowest BCUT2D eigenvalue weighted by atomic mass is 10.0. The summed E-state index contributed by atoms with van der Waals surface area (Å²) in [6.07, 6.45) is 2.00. The van der Waals surface area contributed by atoms with Crippen LogP contribution in [0.4, 0.5) is 4.39 Å². The third-order valence-electron chi connectivity index (χ3n) is 3.73. The van der Waals surface area contributed by atoms with E-state index in [2.05, 4.69) is 5.32 Å². The Kier molecular flexibility index (Phi) is 5.72. The number of hydrogen-bond donors (Lipinski definition) is 1. The molecule has 2 aromatic carbocycles. The zero-order chi connectivity index (χ0) is 17.7. The van der Waals surface area contributed by atoms with Gasteiger partial charge in [0.25, 0.3) is 0 Å². The lowest BCUT2D eigenvalue weighted by Crippen LogP contribution is -2.29. The summed E-state index contributed by atoms with van der Waals surface area (Å²) in [6, 6.07) is 12.1. The lowest BCUT2D eigenvalue weighted by molar-refractivity contribution is -0.121. The Labute approximate surface area is 141 Å². The van der Waals surface area contributed by atoms with Crippen molar-refractivity contribution in [2.75, 3.05) is 6.26 Å². The van der Waals surface area contributed by atoms with Gasteiger partial charge >= 0.3 is 0 Å². The largest absolute Gasteiger partial charge is 0.349 e. The molecule has 2 aromatic rings. The normalized spacial score (nSPS) is 12.6. The van der Waals surface area contributed by atoms with E-state index in [1.54, 1.807) is 36.4 Å². The standard InChI is InChI=1S/C18H20FNO3S/c1-3-17(14-6-10-16(11-7-14)24(2,22)23)20-18(21)12-13-4-8-15(19)9-5-13/h4-11,17H,3,12H2,1-2H3,(H,20,21)/t17-/m0/s1. The SMILES string of the molecule is CC[C@H](NC(=O)Cc1ccc(F)cc1)c1ccc(S(C)(=O)=O)cc1. The average molecular weight is 349 g/mol. The molecule has 1 N–H and O–H groups in total. The summed E-state index contributed by atoms with van der Waals surface area (Å²) < 4.78 is 35.9. The van der Waals surface area contributed by atoms with Crippen molar-refractivity contribution in [1.82, 2.24) is 5.32 Å². The second-order valence-corrected chi connectivity index (χ2v) is 7.69. The molecule has 4 nitrogen and oxygen atoms in total. The maximum absolute atomic E-state index is 12.9. The van der Waals surface area contributed by atoms with Gasteiger partial charge in [-0.2, -0.15) is 0 Å². The van der Waals surface area contributed by atoms with Crippen LogP contribution >= 0.6 is 0 Å². The molecule has 0 spiro atoms. The number of carbonyl (C=O) groups excluding carboxylic acids is 1. The van der Waals surface area contributed by atoms with Crippen molar-refractivity contribution in [3.63, 3.8) is 0 Å². The average Bonchev–Trinajstić information content (AvgIpc) is 2.54. The van der Waals surface area contributed by atoms with Crippen molar-refractivity contribution in [1.29, 1.82) is 0 Å². The van der Waals surface area contributed by atoms with E-state index in [0.29, 0.717) is 6.42 Å². The van der Waals surface area contributed by atoms with E-state index in [1.165, 1.54) is 12.1 Å². The molecular weight excluding hydrogens is 329 g/mol. The molecule has 24 heavy (non-hydrogen) atoms. The van der Waals surface area contributed by atoms with Gasteiger partial charge in [-0.1, -0.05) is 31.2 Å². The van der Waals surface area contributed by atoms with Gasteiger partial charge < -0.3 is 5.32 Å². The van der Waals surface area contributed by atoms with Gasteiger partial charge in [0, 0.05) is 6.26 Å². The predicted octanol–water partition coefficient (Wildman–Crippen LogP) is 3.04. The van der Waals surface area contributed by atoms with Crippen molar-refractivity contribution >= 4 is 15.7 Å². The number of benzene rings is 2. The van der Waals surface area contributed by atoms with Crippen LogP contribution in [0.5, 0.6) is 0 Å². The van der Waals surface area contributed by atoms with Crippen LogP contribution < -0.4 is 5.32 Å². The zero-order valence-corrected chi connectivity index (χ0v) is 14.4. The molecule has 0 fully saturated rings. The first-order chi connectivity index (χ1) is 11.3. The van der Waals surface area contributed by atoms with E-state index in [1.807, 2.05) is 6.92 Å². The Morgan fingerprint density at radius 1 is 1.08 bits per heavy atom. The van der Waals surface area contributed by atoms with Gasteiger partial charge in [-0.15, -0.1) is 0 Å². The molecule has 0 saturated heterocycles. The highest BCUT2D eigenvalue weighted by atomic mass is 32.2. The van der Waals surface area contributed by atoms with Gasteiger partial charge in [0.1, 0.15) is 5.82 Å². The molecule has 0 radical (unpaired) electrons. The van der Waals surface area contributed by atoms with Crippen LogP contribution in [0, 0.1) is 5.82 Å². The Hall–Kier alpha value is -2.21. The van der Waals surface area contributed by atoms with Gasteiger partial charge in [-0.05, 0) is 41.8 Å². The highest BCUT2D eigenvalue weighted by Gasteiger charge is 2.14. The summed E-state index contributed by atoms with van der Waals surface area (Å²) in [6.45, 7) is 1.94. The predicted molar refractivity (Wildman–Crippen MR) is 90.8 cm³/mol. The molecular formula is C18H20FNO3S. The van der Waals surface area contributed by atoms with Crippen LogP contribution in [-0.4, -0.2) is 20.6 Å². The first-order valence-electron chi connectivity index (χ1n) is 7.63. The summed E-state index contributed by atoms with van der Waals surface area (Å²) in [5.41, 5.74) is 1.58. The minimum Gasteiger partial charge on any atom is -0.349 e. The summed E-state index contributed by atoms with van der Waals surface area (Å²) >= 11 is 0. The molecule has 0 heterocycles. The van der Waals surface area contributed by atoms with Crippen LogP contribution in [0.3, 0.4) is 0 Å². The van der Waals surface area contributed by atoms with Gasteiger partial charge in [0.05, 0.1) is 17.4 Å². The van der Waals surface area contributed by atoms with Crippen molar-refractivity contribution in [2.24, 2.45) is 0 Å². The van der Waals surface area contributed by atoms with Crippen molar-refractivity contribution in [3.05, 3.63) is 65.5 Å². The molecule has 128 valence electrons. The smallest absolute Gasteiger partial charge is 0.224 e. The van der Waals surface area contributed by atoms with Crippen molar-refractivity contribution < 1.29 is 17.6 Å². The molecule has 6 heteroatoms. The first-order valence-corrected chi connectivity index (χ1v) is 9.52. The van der Waals surface area contributed by atoms with E-state index in [-0.39, 0.29) is 29.1 Å². The number of sulfone groups is 1. The van der Waals surface area contributed by atoms with Crippen LogP contribution in [0.2, 0.25) is 0 Å². The van der Waals surface area contributed by atoms with Crippen LogP contribution in [0.1, 0.15) is 30.5 Å². The molecule has 2 rings (SSSR count). The third-order valence-corrected chi connectivity index (χ3v) is 4.86.